The van der Waals surface area contributed by atoms with E-state index in [4.69, 9.17) is 11.6 Å². The molecule has 0 spiro atoms. The van der Waals surface area contributed by atoms with E-state index in [1.807, 2.05) is 4.90 Å². The normalized spacial score (nSPS) is 20.0. The van der Waals surface area contributed by atoms with E-state index in [1.54, 1.807) is 24.3 Å². The van der Waals surface area contributed by atoms with Crippen LogP contribution in [0.3, 0.4) is 0 Å². The van der Waals surface area contributed by atoms with Crippen molar-refractivity contribution in [2.24, 2.45) is 0 Å². The second-order valence-corrected chi connectivity index (χ2v) is 7.93. The van der Waals surface area contributed by atoms with Crippen molar-refractivity contribution in [3.05, 3.63) is 34.9 Å². The highest BCUT2D eigenvalue weighted by Crippen LogP contribution is 2.23. The topological polar surface area (TPSA) is 40.6 Å². The predicted molar refractivity (Wildman–Crippen MR) is 105 cm³/mol. The number of rotatable bonds is 5. The molecule has 1 saturated carbocycles. The molecule has 0 radical (unpaired) electrons. The Kier molecular flexibility index (Phi) is 7.09. The Morgan fingerprint density at radius 3 is 2.12 bits per heavy atom. The molecule has 0 bridgehead atoms. The SMILES string of the molecule is O=C(CCC(=O)N1CCN(C2CCCCCC2)CC1)c1ccc(Cl)cc1. The number of carbonyl (C=O) groups excluding carboxylic acids is 2. The van der Waals surface area contributed by atoms with E-state index in [2.05, 4.69) is 4.90 Å². The van der Waals surface area contributed by atoms with Crippen LogP contribution >= 0.6 is 11.6 Å². The molecule has 142 valence electrons. The van der Waals surface area contributed by atoms with Crippen LogP contribution < -0.4 is 0 Å². The molecule has 1 heterocycles. The lowest BCUT2D eigenvalue weighted by atomic mass is 10.0. The molecule has 0 atom stereocenters. The van der Waals surface area contributed by atoms with Gasteiger partial charge >= 0.3 is 0 Å². The van der Waals surface area contributed by atoms with Gasteiger partial charge in [0, 0.05) is 55.6 Å². The second-order valence-electron chi connectivity index (χ2n) is 7.49. The van der Waals surface area contributed by atoms with Gasteiger partial charge in [0.2, 0.25) is 5.91 Å². The highest BCUT2D eigenvalue weighted by Gasteiger charge is 2.26. The number of hydrogen-bond donors (Lipinski definition) is 0. The van der Waals surface area contributed by atoms with Crippen LogP contribution in [0.2, 0.25) is 5.02 Å². The molecule has 5 heteroatoms. The van der Waals surface area contributed by atoms with Gasteiger partial charge in [-0.1, -0.05) is 37.3 Å². The highest BCUT2D eigenvalue weighted by atomic mass is 35.5. The van der Waals surface area contributed by atoms with Crippen LogP contribution in [0.4, 0.5) is 0 Å². The molecule has 1 aliphatic carbocycles. The largest absolute Gasteiger partial charge is 0.340 e. The average molecular weight is 377 g/mol. The molecule has 26 heavy (non-hydrogen) atoms. The molecule has 1 aromatic rings. The first-order valence-corrected chi connectivity index (χ1v) is 10.3. The Balaban J connectivity index is 1.42. The second kappa shape index (κ2) is 9.52. The summed E-state index contributed by atoms with van der Waals surface area (Å²) >= 11 is 5.85. The zero-order valence-electron chi connectivity index (χ0n) is 15.5. The molecule has 0 N–H and O–H groups in total. The van der Waals surface area contributed by atoms with Crippen molar-refractivity contribution < 1.29 is 9.59 Å². The quantitative estimate of drug-likeness (QED) is 0.572. The fourth-order valence-electron chi connectivity index (χ4n) is 4.12. The van der Waals surface area contributed by atoms with Gasteiger partial charge in [-0.25, -0.2) is 0 Å². The predicted octanol–water partition coefficient (Wildman–Crippen LogP) is 4.17. The molecule has 2 fully saturated rings. The van der Waals surface area contributed by atoms with Crippen molar-refractivity contribution in [3.63, 3.8) is 0 Å². The monoisotopic (exact) mass is 376 g/mol. The van der Waals surface area contributed by atoms with E-state index >= 15 is 0 Å². The van der Waals surface area contributed by atoms with Gasteiger partial charge in [-0.05, 0) is 37.1 Å². The minimum absolute atomic E-state index is 0.00658. The number of nitrogens with zero attached hydrogens (tertiary/aromatic N) is 2. The number of piperazine rings is 1. The van der Waals surface area contributed by atoms with Crippen molar-refractivity contribution in [2.75, 3.05) is 26.2 Å². The van der Waals surface area contributed by atoms with Crippen molar-refractivity contribution in [3.8, 4) is 0 Å². The zero-order valence-corrected chi connectivity index (χ0v) is 16.2. The van der Waals surface area contributed by atoms with Gasteiger partial charge < -0.3 is 4.90 Å². The fraction of sp³-hybridized carbons (Fsp3) is 0.619. The number of amides is 1. The van der Waals surface area contributed by atoms with Gasteiger partial charge in [-0.15, -0.1) is 0 Å². The maximum atomic E-state index is 12.5. The lowest BCUT2D eigenvalue weighted by Crippen LogP contribution is -2.51. The summed E-state index contributed by atoms with van der Waals surface area (Å²) in [5, 5.41) is 0.615. The minimum Gasteiger partial charge on any atom is -0.340 e. The molecule has 1 saturated heterocycles. The van der Waals surface area contributed by atoms with Gasteiger partial charge in [0.05, 0.1) is 0 Å². The van der Waals surface area contributed by atoms with Crippen LogP contribution in [-0.2, 0) is 4.79 Å². The van der Waals surface area contributed by atoms with Gasteiger partial charge in [0.15, 0.2) is 5.78 Å². The Morgan fingerprint density at radius 2 is 1.50 bits per heavy atom. The average Bonchev–Trinajstić information content (AvgIpc) is 2.96. The van der Waals surface area contributed by atoms with Crippen LogP contribution in [0, 0.1) is 0 Å². The first kappa shape index (κ1) is 19.4. The lowest BCUT2D eigenvalue weighted by Gasteiger charge is -2.39. The third kappa shape index (κ3) is 5.31. The van der Waals surface area contributed by atoms with Crippen LogP contribution in [0.5, 0.6) is 0 Å². The molecule has 2 aliphatic rings. The molecule has 4 nitrogen and oxygen atoms in total. The number of ketones is 1. The molecule has 0 aromatic heterocycles. The zero-order chi connectivity index (χ0) is 18.4. The standard InChI is InChI=1S/C21H29ClN2O2/c22-18-9-7-17(8-10-18)20(25)11-12-21(26)24-15-13-23(14-16-24)19-5-3-1-2-4-6-19/h7-10,19H,1-6,11-16H2. The highest BCUT2D eigenvalue weighted by molar-refractivity contribution is 6.30. The fourth-order valence-corrected chi connectivity index (χ4v) is 4.24. The van der Waals surface area contributed by atoms with Crippen molar-refractivity contribution in [1.29, 1.82) is 0 Å². The molecular weight excluding hydrogens is 348 g/mol. The number of halogens is 1. The summed E-state index contributed by atoms with van der Waals surface area (Å²) in [4.78, 5) is 29.2. The van der Waals surface area contributed by atoms with E-state index < -0.39 is 0 Å². The third-order valence-corrected chi connectivity index (χ3v) is 5.99. The summed E-state index contributed by atoms with van der Waals surface area (Å²) < 4.78 is 0. The van der Waals surface area contributed by atoms with Gasteiger partial charge in [-0.2, -0.15) is 0 Å². The number of benzene rings is 1. The maximum Gasteiger partial charge on any atom is 0.223 e. The maximum absolute atomic E-state index is 12.5. The van der Waals surface area contributed by atoms with Crippen LogP contribution in [-0.4, -0.2) is 53.7 Å². The van der Waals surface area contributed by atoms with Crippen molar-refractivity contribution in [2.45, 2.75) is 57.4 Å². The lowest BCUT2D eigenvalue weighted by molar-refractivity contribution is -0.133. The molecule has 0 unspecified atom stereocenters. The summed E-state index contributed by atoms with van der Waals surface area (Å²) in [5.74, 6) is 0.111. The van der Waals surface area contributed by atoms with Gasteiger partial charge in [0.25, 0.3) is 0 Å². The summed E-state index contributed by atoms with van der Waals surface area (Å²) in [7, 11) is 0. The molecule has 1 aromatic carbocycles. The summed E-state index contributed by atoms with van der Waals surface area (Å²) in [6.07, 6.45) is 8.61. The molecular formula is C21H29ClN2O2. The van der Waals surface area contributed by atoms with Crippen molar-refractivity contribution >= 4 is 23.3 Å². The number of Topliss-reactive ketones (excluding diaryl/α,β-unsaturated/α-hetero) is 1. The van der Waals surface area contributed by atoms with E-state index in [0.717, 1.165) is 26.2 Å². The summed E-state index contributed by atoms with van der Waals surface area (Å²) in [5.41, 5.74) is 0.625. The first-order valence-electron chi connectivity index (χ1n) is 9.94. The summed E-state index contributed by atoms with van der Waals surface area (Å²) in [6.45, 7) is 3.54. The Bertz CT molecular complexity index is 601. The minimum atomic E-state index is 0.00658. The Hall–Kier alpha value is -1.39. The molecule has 3 rings (SSSR count). The molecule has 1 amide bonds. The van der Waals surface area contributed by atoms with Crippen LogP contribution in [0.15, 0.2) is 24.3 Å². The number of hydrogen-bond acceptors (Lipinski definition) is 3. The van der Waals surface area contributed by atoms with E-state index in [9.17, 15) is 9.59 Å². The first-order chi connectivity index (χ1) is 12.6. The summed E-state index contributed by atoms with van der Waals surface area (Å²) in [6, 6.07) is 7.58. The van der Waals surface area contributed by atoms with E-state index in [-0.39, 0.29) is 18.1 Å². The number of carbonyl (C=O) groups is 2. The van der Waals surface area contributed by atoms with Crippen LogP contribution in [0.1, 0.15) is 61.7 Å². The van der Waals surface area contributed by atoms with Crippen molar-refractivity contribution in [1.82, 2.24) is 9.80 Å². The Morgan fingerprint density at radius 1 is 0.885 bits per heavy atom. The van der Waals surface area contributed by atoms with Crippen LogP contribution in [0.25, 0.3) is 0 Å². The van der Waals surface area contributed by atoms with E-state index in [1.165, 1.54) is 38.5 Å². The Labute approximate surface area is 161 Å². The smallest absolute Gasteiger partial charge is 0.223 e. The third-order valence-electron chi connectivity index (χ3n) is 5.74. The van der Waals surface area contributed by atoms with Gasteiger partial charge in [0.1, 0.15) is 0 Å². The van der Waals surface area contributed by atoms with E-state index in [0.29, 0.717) is 23.0 Å². The van der Waals surface area contributed by atoms with Gasteiger partial charge in [-0.3, -0.25) is 14.5 Å². The molecule has 1 aliphatic heterocycles.